The fraction of sp³-hybridized carbons (Fsp3) is 0.400. The predicted octanol–water partition coefficient (Wildman–Crippen LogP) is 1.93. The molecule has 0 saturated carbocycles. The van der Waals surface area contributed by atoms with Gasteiger partial charge in [0, 0.05) is 30.7 Å². The van der Waals surface area contributed by atoms with Crippen LogP contribution >= 0.6 is 0 Å². The third kappa shape index (κ3) is 3.03. The van der Waals surface area contributed by atoms with Crippen molar-refractivity contribution in [2.45, 2.75) is 26.1 Å². The van der Waals surface area contributed by atoms with E-state index in [1.807, 2.05) is 36.2 Å². The Bertz CT molecular complexity index is 576. The first kappa shape index (κ1) is 13.8. The average Bonchev–Trinajstić information content (AvgIpc) is 2.35. The number of benzene rings is 1. The average molecular weight is 260 g/mol. The molecule has 2 aromatic rings. The zero-order chi connectivity index (χ0) is 14.0. The van der Waals surface area contributed by atoms with Crippen molar-refractivity contribution >= 4 is 16.6 Å². The number of aliphatic hydroxyl groups excluding tert-OH is 1. The summed E-state index contributed by atoms with van der Waals surface area (Å²) in [5, 5.41) is 21.3. The van der Waals surface area contributed by atoms with Crippen molar-refractivity contribution in [2.75, 3.05) is 18.5 Å². The quantitative estimate of drug-likeness (QED) is 0.882. The first-order chi connectivity index (χ1) is 8.92. The minimum atomic E-state index is -0.785. The molecule has 0 spiro atoms. The summed E-state index contributed by atoms with van der Waals surface area (Å²) < 4.78 is 0. The largest absolute Gasteiger partial charge is 0.392 e. The van der Waals surface area contributed by atoms with Gasteiger partial charge in [0.15, 0.2) is 0 Å². The van der Waals surface area contributed by atoms with Crippen LogP contribution in [0.1, 0.15) is 19.4 Å². The molecule has 0 aliphatic carbocycles. The minimum absolute atomic E-state index is 0.0248. The van der Waals surface area contributed by atoms with E-state index in [9.17, 15) is 10.2 Å². The van der Waals surface area contributed by atoms with Gasteiger partial charge in [-0.25, -0.2) is 4.98 Å². The summed E-state index contributed by atoms with van der Waals surface area (Å²) in [5.74, 6) is 0.815. The Kier molecular flexibility index (Phi) is 3.73. The summed E-state index contributed by atoms with van der Waals surface area (Å²) in [6.07, 6.45) is 1.69. The lowest BCUT2D eigenvalue weighted by Crippen LogP contribution is -2.36. The summed E-state index contributed by atoms with van der Waals surface area (Å²) in [6, 6.07) is 7.86. The van der Waals surface area contributed by atoms with Gasteiger partial charge in [-0.15, -0.1) is 0 Å². The molecule has 0 unspecified atom stereocenters. The Hall–Kier alpha value is -1.65. The molecule has 1 aromatic heterocycles. The number of aliphatic hydroxyl groups is 2. The molecule has 0 amide bonds. The van der Waals surface area contributed by atoms with Crippen LogP contribution in [0.2, 0.25) is 0 Å². The van der Waals surface area contributed by atoms with Gasteiger partial charge in [-0.2, -0.15) is 0 Å². The second-order valence-electron chi connectivity index (χ2n) is 5.48. The van der Waals surface area contributed by atoms with Crippen LogP contribution in [0.5, 0.6) is 0 Å². The molecule has 4 nitrogen and oxygen atoms in total. The van der Waals surface area contributed by atoms with Gasteiger partial charge in [0.2, 0.25) is 0 Å². The minimum Gasteiger partial charge on any atom is -0.392 e. The fourth-order valence-electron chi connectivity index (χ4n) is 2.32. The maximum atomic E-state index is 9.91. The first-order valence-corrected chi connectivity index (χ1v) is 6.33. The van der Waals surface area contributed by atoms with Gasteiger partial charge in [-0.3, -0.25) is 0 Å². The molecular formula is C15H20N2O2. The SMILES string of the molecule is CN(CC(C)(C)O)c1ncc(CO)c2ccccc12. The Morgan fingerprint density at radius 3 is 2.42 bits per heavy atom. The van der Waals surface area contributed by atoms with Crippen molar-refractivity contribution in [3.63, 3.8) is 0 Å². The molecule has 2 rings (SSSR count). The number of pyridine rings is 1. The molecule has 4 heteroatoms. The van der Waals surface area contributed by atoms with Crippen LogP contribution < -0.4 is 4.90 Å². The molecule has 0 radical (unpaired) electrons. The zero-order valence-corrected chi connectivity index (χ0v) is 11.6. The normalized spacial score (nSPS) is 11.8. The van der Waals surface area contributed by atoms with Gasteiger partial charge in [0.1, 0.15) is 5.82 Å². The lowest BCUT2D eigenvalue weighted by molar-refractivity contribution is 0.0885. The van der Waals surface area contributed by atoms with E-state index >= 15 is 0 Å². The van der Waals surface area contributed by atoms with Gasteiger partial charge in [0.25, 0.3) is 0 Å². The number of likely N-dealkylation sites (N-methyl/N-ethyl adjacent to an activating group) is 1. The van der Waals surface area contributed by atoms with Crippen LogP contribution in [-0.4, -0.2) is 34.4 Å². The first-order valence-electron chi connectivity index (χ1n) is 6.33. The smallest absolute Gasteiger partial charge is 0.136 e. The third-order valence-corrected chi connectivity index (χ3v) is 3.01. The van der Waals surface area contributed by atoms with E-state index in [4.69, 9.17) is 0 Å². The van der Waals surface area contributed by atoms with Crippen LogP contribution in [0.4, 0.5) is 5.82 Å². The highest BCUT2D eigenvalue weighted by Crippen LogP contribution is 2.27. The van der Waals surface area contributed by atoms with Crippen LogP contribution in [-0.2, 0) is 6.61 Å². The number of hydrogen-bond acceptors (Lipinski definition) is 4. The molecule has 0 bridgehead atoms. The molecule has 0 aliphatic heterocycles. The van der Waals surface area contributed by atoms with Crippen LogP contribution in [0.3, 0.4) is 0 Å². The number of fused-ring (bicyclic) bond motifs is 1. The molecule has 102 valence electrons. The predicted molar refractivity (Wildman–Crippen MR) is 77.2 cm³/mol. The van der Waals surface area contributed by atoms with Gasteiger partial charge in [-0.1, -0.05) is 24.3 Å². The Morgan fingerprint density at radius 1 is 1.21 bits per heavy atom. The van der Waals surface area contributed by atoms with Crippen LogP contribution in [0.25, 0.3) is 10.8 Å². The molecular weight excluding hydrogens is 240 g/mol. The molecule has 1 aromatic carbocycles. The third-order valence-electron chi connectivity index (χ3n) is 3.01. The summed E-state index contributed by atoms with van der Waals surface area (Å²) in [6.45, 7) is 4.01. The van der Waals surface area contributed by atoms with Crippen LogP contribution in [0, 0.1) is 0 Å². The highest BCUT2D eigenvalue weighted by atomic mass is 16.3. The molecule has 0 saturated heterocycles. The number of aromatic nitrogens is 1. The maximum Gasteiger partial charge on any atom is 0.136 e. The van der Waals surface area contributed by atoms with Gasteiger partial charge < -0.3 is 15.1 Å². The summed E-state index contributed by atoms with van der Waals surface area (Å²) in [5.41, 5.74) is 0.0312. The monoisotopic (exact) mass is 260 g/mol. The topological polar surface area (TPSA) is 56.6 Å². The van der Waals surface area contributed by atoms with Crippen molar-refractivity contribution in [1.82, 2.24) is 4.98 Å². The van der Waals surface area contributed by atoms with Gasteiger partial charge in [-0.05, 0) is 19.2 Å². The summed E-state index contributed by atoms with van der Waals surface area (Å²) in [4.78, 5) is 6.35. The van der Waals surface area contributed by atoms with E-state index in [0.717, 1.165) is 22.2 Å². The lowest BCUT2D eigenvalue weighted by atomic mass is 10.1. The molecule has 0 fully saturated rings. The van der Waals surface area contributed by atoms with Crippen molar-refractivity contribution in [3.05, 3.63) is 36.0 Å². The van der Waals surface area contributed by atoms with E-state index in [1.54, 1.807) is 20.0 Å². The fourth-order valence-corrected chi connectivity index (χ4v) is 2.32. The van der Waals surface area contributed by atoms with E-state index in [1.165, 1.54) is 0 Å². The highest BCUT2D eigenvalue weighted by molar-refractivity contribution is 5.94. The highest BCUT2D eigenvalue weighted by Gasteiger charge is 2.18. The van der Waals surface area contributed by atoms with Gasteiger partial charge >= 0.3 is 0 Å². The second kappa shape index (κ2) is 5.15. The molecule has 2 N–H and O–H groups in total. The van der Waals surface area contributed by atoms with Crippen molar-refractivity contribution in [3.8, 4) is 0 Å². The lowest BCUT2D eigenvalue weighted by Gasteiger charge is -2.27. The second-order valence-corrected chi connectivity index (χ2v) is 5.48. The Morgan fingerprint density at radius 2 is 1.84 bits per heavy atom. The summed E-state index contributed by atoms with van der Waals surface area (Å²) >= 11 is 0. The van der Waals surface area contributed by atoms with E-state index in [0.29, 0.717) is 6.54 Å². The molecule has 19 heavy (non-hydrogen) atoms. The number of nitrogens with zero attached hydrogens (tertiary/aromatic N) is 2. The zero-order valence-electron chi connectivity index (χ0n) is 11.6. The van der Waals surface area contributed by atoms with Crippen molar-refractivity contribution < 1.29 is 10.2 Å². The number of anilines is 1. The van der Waals surface area contributed by atoms with Crippen LogP contribution in [0.15, 0.2) is 30.5 Å². The number of rotatable bonds is 4. The van der Waals surface area contributed by atoms with E-state index in [2.05, 4.69) is 4.98 Å². The molecule has 1 heterocycles. The maximum absolute atomic E-state index is 9.91. The number of hydrogen-bond donors (Lipinski definition) is 2. The molecule has 0 atom stereocenters. The Balaban J connectivity index is 2.50. The van der Waals surface area contributed by atoms with E-state index < -0.39 is 5.60 Å². The van der Waals surface area contributed by atoms with Crippen molar-refractivity contribution in [2.24, 2.45) is 0 Å². The Labute approximate surface area is 113 Å². The van der Waals surface area contributed by atoms with Crippen molar-refractivity contribution in [1.29, 1.82) is 0 Å². The van der Waals surface area contributed by atoms with Gasteiger partial charge in [0.05, 0.1) is 12.2 Å². The molecule has 0 aliphatic rings. The van der Waals surface area contributed by atoms with E-state index in [-0.39, 0.29) is 6.61 Å². The standard InChI is InChI=1S/C15H20N2O2/c1-15(2,19)10-17(3)14-13-7-5-4-6-12(13)11(9-18)8-16-14/h4-8,18-19H,9-10H2,1-3H3. The summed E-state index contributed by atoms with van der Waals surface area (Å²) in [7, 11) is 1.91.